The maximum absolute atomic E-state index is 14.0. The average Bonchev–Trinajstić information content (AvgIpc) is 3.67. The van der Waals surface area contributed by atoms with E-state index in [1.807, 2.05) is 0 Å². The molecule has 4 atom stereocenters. The predicted molar refractivity (Wildman–Crippen MR) is 224 cm³/mol. The van der Waals surface area contributed by atoms with Gasteiger partial charge in [0.25, 0.3) is 0 Å². The summed E-state index contributed by atoms with van der Waals surface area (Å²) in [6.45, 7) is 2.70. The van der Waals surface area contributed by atoms with Crippen LogP contribution in [-0.4, -0.2) is 133 Å². The molecule has 1 heterocycles. The van der Waals surface area contributed by atoms with Gasteiger partial charge in [0.15, 0.2) is 0 Å². The van der Waals surface area contributed by atoms with Crippen LogP contribution >= 0.6 is 0 Å². The van der Waals surface area contributed by atoms with Gasteiger partial charge in [-0.3, -0.25) is 38.4 Å². The highest BCUT2D eigenvalue weighted by molar-refractivity contribution is 5.97. The van der Waals surface area contributed by atoms with Crippen LogP contribution in [-0.2, 0) is 38.4 Å². The fourth-order valence-corrected chi connectivity index (χ4v) is 6.39. The lowest BCUT2D eigenvalue weighted by Gasteiger charge is -2.26. The van der Waals surface area contributed by atoms with Crippen LogP contribution in [0.2, 0.25) is 0 Å². The molecule has 344 valence electrons. The largest absolute Gasteiger partial charge is 0.396 e. The molecular weight excluding hydrogens is 780 g/mol. The maximum atomic E-state index is 14.0. The van der Waals surface area contributed by atoms with E-state index in [2.05, 4.69) is 49.5 Å². The molecule has 60 heavy (non-hydrogen) atoms. The number of carbonyl (C=O) groups excluding carboxylic acids is 8. The molecule has 19 nitrogen and oxygen atoms in total. The number of unbranched alkanes of at least 4 members (excludes halogenated alkanes) is 9. The topological polar surface area (TPSA) is 293 Å². The van der Waals surface area contributed by atoms with Gasteiger partial charge in [-0.1, -0.05) is 64.7 Å². The second-order valence-corrected chi connectivity index (χ2v) is 15.2. The van der Waals surface area contributed by atoms with Crippen LogP contribution in [0.15, 0.2) is 0 Å². The third-order valence-electron chi connectivity index (χ3n) is 9.99. The molecule has 1 saturated heterocycles. The molecule has 0 aromatic rings. The molecule has 1 rings (SSSR count). The second-order valence-electron chi connectivity index (χ2n) is 15.2. The first kappa shape index (κ1) is 53.7. The number of nitrogens with one attached hydrogen (secondary N) is 8. The van der Waals surface area contributed by atoms with Crippen molar-refractivity contribution in [2.75, 3.05) is 46.0 Å². The summed E-state index contributed by atoms with van der Waals surface area (Å²) < 4.78 is 0. The molecule has 1 aliphatic rings. The standard InChI is InChI=1S/C41H74N8O11/c1-2-3-4-5-6-7-8-9-10-11-23-45-38(57)30(15-19-34(53)42-24-12-27-50)47-40(59)32(16-20-35(54)43-25-13-28-51)49-41(60)33(17-21-36(55)44-26-14-29-52)48-39(58)31-18-22-37(56)46-31/h30-33,50-52H,2-29H2,1H3,(H,42,53)(H,43,54)(H,44,55)(H,45,57)(H,46,56)(H,47,59)(H,48,58)(H,49,60)/t30-,31-,32-,33-/m0/s1. The van der Waals surface area contributed by atoms with Gasteiger partial charge >= 0.3 is 0 Å². The molecule has 1 fully saturated rings. The van der Waals surface area contributed by atoms with Crippen LogP contribution in [0.4, 0.5) is 0 Å². The molecule has 0 bridgehead atoms. The van der Waals surface area contributed by atoms with E-state index < -0.39 is 65.5 Å². The molecule has 0 spiro atoms. The number of carbonyl (C=O) groups is 8. The maximum Gasteiger partial charge on any atom is 0.243 e. The first-order valence-corrected chi connectivity index (χ1v) is 22.1. The van der Waals surface area contributed by atoms with E-state index in [4.69, 9.17) is 15.3 Å². The lowest BCUT2D eigenvalue weighted by molar-refractivity contribution is -0.135. The zero-order valence-electron chi connectivity index (χ0n) is 35.7. The number of amides is 8. The minimum atomic E-state index is -1.42. The first-order chi connectivity index (χ1) is 28.9. The van der Waals surface area contributed by atoms with E-state index >= 15 is 0 Å². The molecule has 1 aliphatic heterocycles. The summed E-state index contributed by atoms with van der Waals surface area (Å²) in [4.78, 5) is 104. The van der Waals surface area contributed by atoms with Crippen molar-refractivity contribution in [1.82, 2.24) is 42.5 Å². The quantitative estimate of drug-likeness (QED) is 0.0361. The predicted octanol–water partition coefficient (Wildman–Crippen LogP) is -0.407. The van der Waals surface area contributed by atoms with Crippen molar-refractivity contribution in [2.45, 2.75) is 166 Å². The highest BCUT2D eigenvalue weighted by Gasteiger charge is 2.33. The first-order valence-electron chi connectivity index (χ1n) is 22.1. The van der Waals surface area contributed by atoms with Crippen molar-refractivity contribution in [2.24, 2.45) is 0 Å². The third kappa shape index (κ3) is 26.0. The van der Waals surface area contributed by atoms with Crippen LogP contribution in [0, 0.1) is 0 Å². The summed E-state index contributed by atoms with van der Waals surface area (Å²) in [5.74, 6) is -4.55. The van der Waals surface area contributed by atoms with Crippen LogP contribution in [0.5, 0.6) is 0 Å². The normalized spacial score (nSPS) is 14.9. The van der Waals surface area contributed by atoms with Crippen LogP contribution in [0.3, 0.4) is 0 Å². The van der Waals surface area contributed by atoms with Gasteiger partial charge in [0.05, 0.1) is 0 Å². The van der Waals surface area contributed by atoms with Crippen LogP contribution in [0.25, 0.3) is 0 Å². The lowest BCUT2D eigenvalue weighted by atomic mass is 10.0. The Morgan fingerprint density at radius 2 is 0.917 bits per heavy atom. The Bertz CT molecular complexity index is 1310. The summed E-state index contributed by atoms with van der Waals surface area (Å²) >= 11 is 0. The van der Waals surface area contributed by atoms with Gasteiger partial charge < -0.3 is 57.9 Å². The number of rotatable bonds is 36. The summed E-state index contributed by atoms with van der Waals surface area (Å²) in [5.41, 5.74) is 0. The van der Waals surface area contributed by atoms with E-state index in [1.54, 1.807) is 0 Å². The Morgan fingerprint density at radius 1 is 0.533 bits per heavy atom. The van der Waals surface area contributed by atoms with Crippen molar-refractivity contribution in [1.29, 1.82) is 0 Å². The van der Waals surface area contributed by atoms with E-state index in [0.717, 1.165) is 19.3 Å². The van der Waals surface area contributed by atoms with Gasteiger partial charge in [-0.25, -0.2) is 0 Å². The molecule has 8 amide bonds. The Morgan fingerprint density at radius 3 is 1.32 bits per heavy atom. The van der Waals surface area contributed by atoms with E-state index in [9.17, 15) is 38.4 Å². The highest BCUT2D eigenvalue weighted by atomic mass is 16.3. The summed E-state index contributed by atoms with van der Waals surface area (Å²) in [6.07, 6.45) is 11.2. The molecular formula is C41H74N8O11. The Balaban J connectivity index is 3.16. The van der Waals surface area contributed by atoms with Gasteiger partial charge in [-0.15, -0.1) is 0 Å². The fourth-order valence-electron chi connectivity index (χ4n) is 6.39. The van der Waals surface area contributed by atoms with Gasteiger partial charge in [0.2, 0.25) is 47.3 Å². The highest BCUT2D eigenvalue weighted by Crippen LogP contribution is 2.12. The van der Waals surface area contributed by atoms with Crippen molar-refractivity contribution in [3.63, 3.8) is 0 Å². The van der Waals surface area contributed by atoms with Gasteiger partial charge in [0.1, 0.15) is 24.2 Å². The summed E-state index contributed by atoms with van der Waals surface area (Å²) in [6, 6.07) is -4.88. The van der Waals surface area contributed by atoms with E-state index in [0.29, 0.717) is 32.2 Å². The van der Waals surface area contributed by atoms with Crippen molar-refractivity contribution < 1.29 is 53.7 Å². The van der Waals surface area contributed by atoms with Crippen molar-refractivity contribution >= 4 is 47.3 Å². The Labute approximate surface area is 354 Å². The van der Waals surface area contributed by atoms with Crippen molar-refractivity contribution in [3.8, 4) is 0 Å². The van der Waals surface area contributed by atoms with Gasteiger partial charge in [-0.2, -0.15) is 0 Å². The van der Waals surface area contributed by atoms with Crippen LogP contribution < -0.4 is 42.5 Å². The van der Waals surface area contributed by atoms with E-state index in [-0.39, 0.29) is 96.7 Å². The number of aliphatic hydroxyl groups excluding tert-OH is 3. The lowest BCUT2D eigenvalue weighted by Crippen LogP contribution is -2.58. The third-order valence-corrected chi connectivity index (χ3v) is 9.99. The van der Waals surface area contributed by atoms with E-state index in [1.165, 1.54) is 38.5 Å². The molecule has 0 radical (unpaired) electrons. The molecule has 11 N–H and O–H groups in total. The zero-order valence-corrected chi connectivity index (χ0v) is 35.7. The summed E-state index contributed by atoms with van der Waals surface area (Å²) in [7, 11) is 0. The SMILES string of the molecule is CCCCCCCCCCCCNC(=O)[C@H](CCC(=O)NCCCO)NC(=O)[C@H](CCC(=O)NCCCO)NC(=O)[C@H](CCC(=O)NCCCO)NC(=O)[C@@H]1CCC(=O)N1. The average molecular weight is 855 g/mol. The number of aliphatic hydroxyl groups is 3. The molecule has 0 saturated carbocycles. The Kier molecular flexibility index (Phi) is 30.7. The monoisotopic (exact) mass is 855 g/mol. The molecule has 0 aliphatic carbocycles. The second kappa shape index (κ2) is 34.4. The minimum absolute atomic E-state index is 0.0972. The smallest absolute Gasteiger partial charge is 0.243 e. The zero-order chi connectivity index (χ0) is 44.4. The van der Waals surface area contributed by atoms with Crippen LogP contribution in [0.1, 0.15) is 142 Å². The summed E-state index contributed by atoms with van der Waals surface area (Å²) in [5, 5.41) is 48.2. The van der Waals surface area contributed by atoms with Gasteiger partial charge in [0, 0.05) is 71.7 Å². The molecule has 0 unspecified atom stereocenters. The fraction of sp³-hybridized carbons (Fsp3) is 0.805. The number of hydrogen-bond donors (Lipinski definition) is 11. The van der Waals surface area contributed by atoms with Crippen molar-refractivity contribution in [3.05, 3.63) is 0 Å². The number of hydrogen-bond acceptors (Lipinski definition) is 11. The minimum Gasteiger partial charge on any atom is -0.396 e. The van der Waals surface area contributed by atoms with Gasteiger partial charge in [-0.05, 0) is 51.4 Å². The molecule has 0 aromatic heterocycles. The Hall–Kier alpha value is -4.36. The molecule has 19 heteroatoms. The molecule has 0 aromatic carbocycles.